The fourth-order valence-electron chi connectivity index (χ4n) is 4.00. The van der Waals surface area contributed by atoms with Crippen molar-refractivity contribution in [3.8, 4) is 0 Å². The maximum atomic E-state index is 11.5. The van der Waals surface area contributed by atoms with Crippen molar-refractivity contribution < 1.29 is 69.5 Å². The average Bonchev–Trinajstić information content (AvgIpc) is 2.67. The molecule has 0 heterocycles. The molecule has 2 atom stereocenters. The standard InChI is InChI=1S/C24H50O4S.K/c1-3-5-7-9-10-11-12-13-14-15-17-19-21-24(29(26,27)28)22-23(25)20-18-16-8-6-4-2;/h23-25H,3-22H2,1-2H3,(H,26,27,28);/q;+1/p-1. The number of rotatable bonds is 22. The van der Waals surface area contributed by atoms with Crippen molar-refractivity contribution >= 4 is 10.1 Å². The topological polar surface area (TPSA) is 77.4 Å². The van der Waals surface area contributed by atoms with Crippen molar-refractivity contribution in [1.29, 1.82) is 0 Å². The molecule has 6 heteroatoms. The summed E-state index contributed by atoms with van der Waals surface area (Å²) >= 11 is 0. The van der Waals surface area contributed by atoms with Crippen LogP contribution in [0.1, 0.15) is 142 Å². The molecule has 0 saturated carbocycles. The average molecular weight is 473 g/mol. The zero-order valence-electron chi connectivity index (χ0n) is 20.4. The molecule has 0 aromatic carbocycles. The van der Waals surface area contributed by atoms with E-state index in [2.05, 4.69) is 13.8 Å². The molecule has 0 aliphatic heterocycles. The summed E-state index contributed by atoms with van der Waals surface area (Å²) in [4.78, 5) is 0. The Kier molecular flexibility index (Phi) is 26.6. The van der Waals surface area contributed by atoms with Crippen LogP contribution in [0.15, 0.2) is 0 Å². The van der Waals surface area contributed by atoms with Gasteiger partial charge in [0.25, 0.3) is 0 Å². The molecule has 0 saturated heterocycles. The van der Waals surface area contributed by atoms with E-state index in [9.17, 15) is 18.1 Å². The molecule has 0 bridgehead atoms. The molecular weight excluding hydrogens is 423 g/mol. The van der Waals surface area contributed by atoms with Gasteiger partial charge >= 0.3 is 51.4 Å². The van der Waals surface area contributed by atoms with Crippen molar-refractivity contribution in [2.75, 3.05) is 0 Å². The smallest absolute Gasteiger partial charge is 0.748 e. The molecule has 4 nitrogen and oxygen atoms in total. The molecule has 2 unspecified atom stereocenters. The van der Waals surface area contributed by atoms with E-state index >= 15 is 0 Å². The van der Waals surface area contributed by atoms with Crippen LogP contribution in [0.4, 0.5) is 0 Å². The van der Waals surface area contributed by atoms with Crippen molar-refractivity contribution in [2.24, 2.45) is 0 Å². The van der Waals surface area contributed by atoms with Gasteiger partial charge in [0, 0.05) is 0 Å². The number of unbranched alkanes of at least 4 members (excludes halogenated alkanes) is 15. The first-order chi connectivity index (χ1) is 13.9. The minimum atomic E-state index is -4.32. The van der Waals surface area contributed by atoms with Crippen LogP contribution in [0, 0.1) is 0 Å². The van der Waals surface area contributed by atoms with Gasteiger partial charge in [0.1, 0.15) is 0 Å². The van der Waals surface area contributed by atoms with Crippen molar-refractivity contribution in [3.63, 3.8) is 0 Å². The van der Waals surface area contributed by atoms with E-state index in [-0.39, 0.29) is 57.8 Å². The first kappa shape index (κ1) is 33.7. The Bertz CT molecular complexity index is 442. The summed E-state index contributed by atoms with van der Waals surface area (Å²) in [5.41, 5.74) is 0. The Morgan fingerprint density at radius 2 is 0.967 bits per heavy atom. The molecule has 0 aliphatic carbocycles. The fraction of sp³-hybridized carbons (Fsp3) is 1.00. The first-order valence-electron chi connectivity index (χ1n) is 12.5. The molecule has 1 N–H and O–H groups in total. The second-order valence-corrected chi connectivity index (χ2v) is 10.5. The summed E-state index contributed by atoms with van der Waals surface area (Å²) in [5, 5.41) is 9.21. The Balaban J connectivity index is 0. The van der Waals surface area contributed by atoms with E-state index in [4.69, 9.17) is 0 Å². The predicted octanol–water partition coefficient (Wildman–Crippen LogP) is 4.11. The van der Waals surface area contributed by atoms with Gasteiger partial charge in [-0.3, -0.25) is 0 Å². The molecule has 176 valence electrons. The Morgan fingerprint density at radius 1 is 0.633 bits per heavy atom. The van der Waals surface area contributed by atoms with E-state index in [1.165, 1.54) is 70.6 Å². The maximum absolute atomic E-state index is 11.5. The summed E-state index contributed by atoms with van der Waals surface area (Å²) in [6.07, 6.45) is 20.7. The minimum Gasteiger partial charge on any atom is -0.748 e. The van der Waals surface area contributed by atoms with Crippen LogP contribution in [0.2, 0.25) is 0 Å². The molecule has 0 aliphatic rings. The predicted molar refractivity (Wildman–Crippen MR) is 123 cm³/mol. The van der Waals surface area contributed by atoms with Crippen LogP contribution >= 0.6 is 0 Å². The van der Waals surface area contributed by atoms with E-state index in [0.717, 1.165) is 38.5 Å². The third-order valence-corrected chi connectivity index (χ3v) is 7.21. The van der Waals surface area contributed by atoms with Gasteiger partial charge in [-0.25, -0.2) is 8.42 Å². The van der Waals surface area contributed by atoms with E-state index in [1.807, 2.05) is 0 Å². The monoisotopic (exact) mass is 472 g/mol. The SMILES string of the molecule is CCCCCCCCCCCCCCC(CC(O)CCCCCCC)S(=O)(=O)[O-].[K+]. The van der Waals surface area contributed by atoms with Gasteiger partial charge in [-0.2, -0.15) is 0 Å². The third-order valence-electron chi connectivity index (χ3n) is 5.96. The fourth-order valence-corrected chi connectivity index (χ4v) is 4.91. The number of aliphatic hydroxyl groups is 1. The molecule has 0 fully saturated rings. The quantitative estimate of drug-likeness (QED) is 0.146. The van der Waals surface area contributed by atoms with Crippen LogP contribution in [0.25, 0.3) is 0 Å². The van der Waals surface area contributed by atoms with Gasteiger partial charge < -0.3 is 9.66 Å². The second kappa shape index (κ2) is 23.7. The first-order valence-corrected chi connectivity index (χ1v) is 14.0. The molecule has 0 radical (unpaired) electrons. The molecule has 0 aromatic rings. The van der Waals surface area contributed by atoms with Gasteiger partial charge in [0.05, 0.1) is 21.5 Å². The number of hydrogen-bond donors (Lipinski definition) is 1. The van der Waals surface area contributed by atoms with E-state index in [0.29, 0.717) is 12.8 Å². The summed E-state index contributed by atoms with van der Waals surface area (Å²) in [7, 11) is -4.32. The van der Waals surface area contributed by atoms with Gasteiger partial charge in [0.2, 0.25) is 0 Å². The summed E-state index contributed by atoms with van der Waals surface area (Å²) < 4.78 is 34.6. The van der Waals surface area contributed by atoms with Crippen LogP contribution in [0.3, 0.4) is 0 Å². The van der Waals surface area contributed by atoms with Crippen molar-refractivity contribution in [3.05, 3.63) is 0 Å². The Labute approximate surface area is 230 Å². The zero-order chi connectivity index (χ0) is 21.8. The van der Waals surface area contributed by atoms with Crippen LogP contribution < -0.4 is 51.4 Å². The third kappa shape index (κ3) is 22.7. The van der Waals surface area contributed by atoms with Gasteiger partial charge in [-0.1, -0.05) is 123 Å². The van der Waals surface area contributed by atoms with E-state index in [1.54, 1.807) is 0 Å². The van der Waals surface area contributed by atoms with Crippen LogP contribution in [-0.2, 0) is 10.1 Å². The Hall–Kier alpha value is 1.51. The number of hydrogen-bond acceptors (Lipinski definition) is 4. The zero-order valence-corrected chi connectivity index (χ0v) is 24.3. The van der Waals surface area contributed by atoms with Crippen LogP contribution in [-0.4, -0.2) is 29.4 Å². The summed E-state index contributed by atoms with van der Waals surface area (Å²) in [6.45, 7) is 4.40. The van der Waals surface area contributed by atoms with Crippen molar-refractivity contribution in [2.45, 2.75) is 154 Å². The van der Waals surface area contributed by atoms with E-state index < -0.39 is 21.5 Å². The van der Waals surface area contributed by atoms with Gasteiger partial charge in [-0.15, -0.1) is 0 Å². The molecule has 0 rings (SSSR count). The Morgan fingerprint density at radius 3 is 1.33 bits per heavy atom. The molecule has 0 amide bonds. The van der Waals surface area contributed by atoms with Gasteiger partial charge in [-0.05, 0) is 19.3 Å². The number of aliphatic hydroxyl groups excluding tert-OH is 1. The normalized spacial score (nSPS) is 13.7. The minimum absolute atomic E-state index is 0. The molecule has 30 heavy (non-hydrogen) atoms. The largest absolute Gasteiger partial charge is 1.00 e. The molecular formula is C24H49KO4S. The maximum Gasteiger partial charge on any atom is 1.00 e. The van der Waals surface area contributed by atoms with Crippen LogP contribution in [0.5, 0.6) is 0 Å². The molecule has 0 aromatic heterocycles. The second-order valence-electron chi connectivity index (χ2n) is 8.88. The summed E-state index contributed by atoms with van der Waals surface area (Å²) in [6, 6.07) is 0. The van der Waals surface area contributed by atoms with Crippen molar-refractivity contribution in [1.82, 2.24) is 0 Å². The molecule has 0 spiro atoms. The van der Waals surface area contributed by atoms with Gasteiger partial charge in [0.15, 0.2) is 0 Å². The summed E-state index contributed by atoms with van der Waals surface area (Å²) in [5.74, 6) is 0.